The second-order valence-corrected chi connectivity index (χ2v) is 5.12. The first-order chi connectivity index (χ1) is 8.43. The minimum atomic E-state index is 0.444. The highest BCUT2D eigenvalue weighted by atomic mass is 31.1. The number of rotatable bonds is 9. The Kier molecular flexibility index (Phi) is 9.30. The van der Waals surface area contributed by atoms with E-state index in [0.29, 0.717) is 43.8 Å². The largest absolute Gasteiger partial charge is 0.382 e. The van der Waals surface area contributed by atoms with Crippen molar-refractivity contribution in [1.29, 1.82) is 0 Å². The standard InChI is InChI=1S/C11H17NO3P2/c1-13-7-8-14-9-10-15-17-12-16-11-5-3-2-4-6-11/h2-6,16H,7-10H2,1H3. The van der Waals surface area contributed by atoms with Gasteiger partial charge in [0.05, 0.1) is 26.4 Å². The average molecular weight is 273 g/mol. The van der Waals surface area contributed by atoms with Crippen LogP contribution in [0.25, 0.3) is 0 Å². The van der Waals surface area contributed by atoms with Gasteiger partial charge in [-0.15, -0.1) is 0 Å². The van der Waals surface area contributed by atoms with Gasteiger partial charge >= 0.3 is 0 Å². The molecule has 0 spiro atoms. The Hall–Kier alpha value is -0.370. The predicted octanol–water partition coefficient (Wildman–Crippen LogP) is 2.63. The van der Waals surface area contributed by atoms with Gasteiger partial charge < -0.3 is 14.0 Å². The van der Waals surface area contributed by atoms with Gasteiger partial charge in [0, 0.05) is 15.8 Å². The molecule has 0 fully saturated rings. The van der Waals surface area contributed by atoms with E-state index in [9.17, 15) is 0 Å². The van der Waals surface area contributed by atoms with E-state index in [1.54, 1.807) is 7.11 Å². The van der Waals surface area contributed by atoms with E-state index in [2.05, 4.69) is 16.6 Å². The Morgan fingerprint density at radius 2 is 1.88 bits per heavy atom. The maximum atomic E-state index is 5.28. The first kappa shape index (κ1) is 14.7. The molecule has 1 atom stereocenters. The minimum Gasteiger partial charge on any atom is -0.382 e. The van der Waals surface area contributed by atoms with Gasteiger partial charge in [-0.25, -0.2) is 4.52 Å². The van der Waals surface area contributed by atoms with Gasteiger partial charge in [0.2, 0.25) is 0 Å². The van der Waals surface area contributed by atoms with Gasteiger partial charge in [-0.2, -0.15) is 0 Å². The molecule has 0 aliphatic heterocycles. The molecule has 0 saturated heterocycles. The number of benzene rings is 1. The maximum Gasteiger partial charge on any atom is 0.176 e. The van der Waals surface area contributed by atoms with E-state index in [1.165, 1.54) is 5.30 Å². The van der Waals surface area contributed by atoms with Crippen molar-refractivity contribution < 1.29 is 14.0 Å². The lowest BCUT2D eigenvalue weighted by molar-refractivity contribution is 0.0572. The molecule has 1 aromatic rings. The number of hydrogen-bond donors (Lipinski definition) is 0. The third-order valence-electron chi connectivity index (χ3n) is 1.80. The van der Waals surface area contributed by atoms with Crippen molar-refractivity contribution in [3.63, 3.8) is 0 Å². The van der Waals surface area contributed by atoms with E-state index in [-0.39, 0.29) is 0 Å². The van der Waals surface area contributed by atoms with Gasteiger partial charge in [-0.3, -0.25) is 0 Å². The molecule has 0 bridgehead atoms. The number of ether oxygens (including phenoxy) is 2. The molecule has 0 N–H and O–H groups in total. The molecule has 0 amide bonds. The maximum absolute atomic E-state index is 5.28. The van der Waals surface area contributed by atoms with E-state index >= 15 is 0 Å². The normalized spacial score (nSPS) is 11.8. The zero-order valence-corrected chi connectivity index (χ0v) is 11.7. The quantitative estimate of drug-likeness (QED) is 0.513. The highest BCUT2D eigenvalue weighted by Gasteiger charge is 1.89. The third-order valence-corrected chi connectivity index (χ3v) is 3.42. The SMILES string of the molecule is COCCOCCOP=NPc1ccccc1. The number of methoxy groups -OCH3 is 1. The molecular formula is C11H17NO3P2. The van der Waals surface area contributed by atoms with Crippen LogP contribution in [0, 0.1) is 0 Å². The van der Waals surface area contributed by atoms with Crippen LogP contribution in [0.1, 0.15) is 0 Å². The summed E-state index contributed by atoms with van der Waals surface area (Å²) in [7, 11) is 2.77. The summed E-state index contributed by atoms with van der Waals surface area (Å²) in [6.07, 6.45) is 0. The van der Waals surface area contributed by atoms with Gasteiger partial charge in [0.25, 0.3) is 0 Å². The molecule has 0 heterocycles. The molecule has 0 aromatic heterocycles. The lowest BCUT2D eigenvalue weighted by Gasteiger charge is -2.01. The van der Waals surface area contributed by atoms with Gasteiger partial charge in [0.15, 0.2) is 8.60 Å². The summed E-state index contributed by atoms with van der Waals surface area (Å²) in [5.41, 5.74) is 0. The topological polar surface area (TPSA) is 40.0 Å². The highest BCUT2D eigenvalue weighted by Crippen LogP contribution is 2.18. The van der Waals surface area contributed by atoms with Gasteiger partial charge in [-0.05, 0) is 5.30 Å². The summed E-state index contributed by atoms with van der Waals surface area (Å²) >= 11 is 0. The third kappa shape index (κ3) is 8.37. The van der Waals surface area contributed by atoms with Crippen LogP contribution >= 0.6 is 17.3 Å². The summed E-state index contributed by atoms with van der Waals surface area (Å²) in [6.45, 7) is 2.38. The van der Waals surface area contributed by atoms with Crippen LogP contribution in [0.5, 0.6) is 0 Å². The average Bonchev–Trinajstić information content (AvgIpc) is 2.38. The first-order valence-electron chi connectivity index (χ1n) is 5.33. The zero-order chi connectivity index (χ0) is 12.2. The molecule has 4 nitrogen and oxygen atoms in total. The van der Waals surface area contributed by atoms with Crippen LogP contribution < -0.4 is 5.30 Å². The minimum absolute atomic E-state index is 0.444. The van der Waals surface area contributed by atoms with Crippen LogP contribution in [-0.4, -0.2) is 33.5 Å². The van der Waals surface area contributed by atoms with Gasteiger partial charge in [-0.1, -0.05) is 30.3 Å². The molecule has 0 aliphatic rings. The first-order valence-corrected chi connectivity index (χ1v) is 7.04. The summed E-state index contributed by atoms with van der Waals surface area (Å²) in [5, 5.41) is 1.22. The van der Waals surface area contributed by atoms with Crippen LogP contribution in [0.15, 0.2) is 34.8 Å². The molecule has 0 saturated carbocycles. The molecule has 1 aromatic carbocycles. The van der Waals surface area contributed by atoms with Crippen molar-refractivity contribution >= 4 is 22.6 Å². The number of hydrogen-bond acceptors (Lipinski definition) is 4. The van der Waals surface area contributed by atoms with E-state index in [1.807, 2.05) is 18.2 Å². The highest BCUT2D eigenvalue weighted by molar-refractivity contribution is 7.50. The number of nitrogens with zero attached hydrogens (tertiary/aromatic N) is 1. The fraction of sp³-hybridized carbons (Fsp3) is 0.455. The molecular weight excluding hydrogens is 256 g/mol. The molecule has 0 radical (unpaired) electrons. The second kappa shape index (κ2) is 10.8. The molecule has 94 valence electrons. The Bertz CT molecular complexity index is 309. The smallest absolute Gasteiger partial charge is 0.176 e. The van der Waals surface area contributed by atoms with Crippen molar-refractivity contribution in [3.05, 3.63) is 30.3 Å². The van der Waals surface area contributed by atoms with Crippen molar-refractivity contribution in [1.82, 2.24) is 0 Å². The molecule has 1 rings (SSSR count). The Morgan fingerprint density at radius 3 is 2.65 bits per heavy atom. The van der Waals surface area contributed by atoms with Crippen LogP contribution in [0.4, 0.5) is 0 Å². The second-order valence-electron chi connectivity index (χ2n) is 3.10. The van der Waals surface area contributed by atoms with Crippen LogP contribution in [0.2, 0.25) is 0 Å². The molecule has 6 heteroatoms. The predicted molar refractivity (Wildman–Crippen MR) is 72.4 cm³/mol. The Labute approximate surface area is 105 Å². The Morgan fingerprint density at radius 1 is 1.12 bits per heavy atom. The Balaban J connectivity index is 1.96. The monoisotopic (exact) mass is 273 g/mol. The van der Waals surface area contributed by atoms with Gasteiger partial charge in [0.1, 0.15) is 0 Å². The molecule has 17 heavy (non-hydrogen) atoms. The van der Waals surface area contributed by atoms with Crippen LogP contribution in [-0.2, 0) is 14.0 Å². The lowest BCUT2D eigenvalue weighted by Crippen LogP contribution is -2.05. The van der Waals surface area contributed by atoms with Crippen molar-refractivity contribution in [2.45, 2.75) is 0 Å². The zero-order valence-electron chi connectivity index (χ0n) is 9.83. The molecule has 0 aliphatic carbocycles. The van der Waals surface area contributed by atoms with Crippen molar-refractivity contribution in [2.75, 3.05) is 33.5 Å². The van der Waals surface area contributed by atoms with E-state index < -0.39 is 0 Å². The summed E-state index contributed by atoms with van der Waals surface area (Å²) in [6, 6.07) is 10.1. The van der Waals surface area contributed by atoms with Crippen molar-refractivity contribution in [3.8, 4) is 0 Å². The fourth-order valence-corrected chi connectivity index (χ4v) is 2.35. The van der Waals surface area contributed by atoms with E-state index in [0.717, 1.165) is 0 Å². The van der Waals surface area contributed by atoms with Crippen LogP contribution in [0.3, 0.4) is 0 Å². The fourth-order valence-electron chi connectivity index (χ4n) is 1.00. The summed E-state index contributed by atoms with van der Waals surface area (Å²) in [5.74, 6) is 0. The lowest BCUT2D eigenvalue weighted by atomic mass is 10.4. The summed E-state index contributed by atoms with van der Waals surface area (Å²) < 4.78 is 19.7. The van der Waals surface area contributed by atoms with E-state index in [4.69, 9.17) is 14.0 Å². The molecule has 1 unspecified atom stereocenters. The van der Waals surface area contributed by atoms with Crippen molar-refractivity contribution in [2.24, 2.45) is 4.52 Å². The summed E-state index contributed by atoms with van der Waals surface area (Å²) in [4.78, 5) is 0.